The van der Waals surface area contributed by atoms with Gasteiger partial charge in [-0.25, -0.2) is 4.98 Å². The van der Waals surface area contributed by atoms with E-state index < -0.39 is 12.0 Å². The highest BCUT2D eigenvalue weighted by atomic mass is 19.4. The van der Waals surface area contributed by atoms with Gasteiger partial charge in [-0.2, -0.15) is 10.2 Å². The lowest BCUT2D eigenvalue weighted by Gasteiger charge is -2.58. The van der Waals surface area contributed by atoms with Gasteiger partial charge in [0.2, 0.25) is 5.95 Å². The van der Waals surface area contributed by atoms with Gasteiger partial charge in [-0.1, -0.05) is 18.2 Å². The fourth-order valence-electron chi connectivity index (χ4n) is 6.08. The number of benzene rings is 1. The number of hydrogen-bond donors (Lipinski definition) is 3. The van der Waals surface area contributed by atoms with Gasteiger partial charge in [0, 0.05) is 18.2 Å². The molecule has 4 bridgehead atoms. The topological polar surface area (TPSA) is 103 Å². The lowest BCUT2D eigenvalue weighted by Crippen LogP contribution is -2.59. The maximum atomic E-state index is 12.7. The molecule has 2 unspecified atom stereocenters. The minimum atomic E-state index is -4.79. The molecule has 1 aromatic carbocycles. The summed E-state index contributed by atoms with van der Waals surface area (Å²) in [6.07, 6.45) is 1.13. The van der Waals surface area contributed by atoms with E-state index in [1.807, 2.05) is 0 Å². The Morgan fingerprint density at radius 3 is 2.58 bits per heavy atom. The molecule has 2 atom stereocenters. The largest absolute Gasteiger partial charge is 0.573 e. The van der Waals surface area contributed by atoms with Crippen molar-refractivity contribution in [1.29, 1.82) is 5.26 Å². The van der Waals surface area contributed by atoms with E-state index in [2.05, 4.69) is 31.4 Å². The van der Waals surface area contributed by atoms with Crippen LogP contribution in [0.2, 0.25) is 0 Å². The van der Waals surface area contributed by atoms with E-state index in [0.29, 0.717) is 34.7 Å². The Kier molecular flexibility index (Phi) is 5.32. The molecular formula is C23H24F3N5O2. The van der Waals surface area contributed by atoms with E-state index in [4.69, 9.17) is 0 Å². The summed E-state index contributed by atoms with van der Waals surface area (Å²) in [7, 11) is 0. The Labute approximate surface area is 189 Å². The van der Waals surface area contributed by atoms with E-state index in [1.165, 1.54) is 24.4 Å². The van der Waals surface area contributed by atoms with Crippen molar-refractivity contribution in [1.82, 2.24) is 9.97 Å². The van der Waals surface area contributed by atoms with Crippen molar-refractivity contribution in [3.05, 3.63) is 41.6 Å². The molecule has 4 aliphatic rings. The molecule has 0 saturated heterocycles. The van der Waals surface area contributed by atoms with Gasteiger partial charge < -0.3 is 20.5 Å². The number of hydrogen-bond acceptors (Lipinski definition) is 7. The Bertz CT molecular complexity index is 1070. The van der Waals surface area contributed by atoms with Crippen LogP contribution in [0.25, 0.3) is 0 Å². The average Bonchev–Trinajstić information content (AvgIpc) is 2.73. The molecule has 4 saturated carbocycles. The second-order valence-corrected chi connectivity index (χ2v) is 9.44. The molecule has 174 valence electrons. The highest BCUT2D eigenvalue weighted by Crippen LogP contribution is 2.56. The zero-order chi connectivity index (χ0) is 23.2. The first kappa shape index (κ1) is 21.8. The number of rotatable bonds is 6. The molecule has 7 nitrogen and oxygen atoms in total. The van der Waals surface area contributed by atoms with Crippen molar-refractivity contribution in [2.75, 3.05) is 10.6 Å². The molecule has 0 amide bonds. The fourth-order valence-corrected chi connectivity index (χ4v) is 6.08. The van der Waals surface area contributed by atoms with E-state index >= 15 is 0 Å². The highest BCUT2D eigenvalue weighted by Gasteiger charge is 2.54. The van der Waals surface area contributed by atoms with Crippen molar-refractivity contribution >= 4 is 11.8 Å². The molecule has 0 radical (unpaired) electrons. The number of para-hydroxylation sites is 1. The normalized spacial score (nSPS) is 30.0. The summed E-state index contributed by atoms with van der Waals surface area (Å²) in [5.74, 6) is 1.51. The number of aromatic nitrogens is 2. The van der Waals surface area contributed by atoms with Crippen LogP contribution in [0.3, 0.4) is 0 Å². The van der Waals surface area contributed by atoms with Gasteiger partial charge >= 0.3 is 6.36 Å². The summed E-state index contributed by atoms with van der Waals surface area (Å²) in [5.41, 5.74) is 0.0391. The Morgan fingerprint density at radius 1 is 1.18 bits per heavy atom. The van der Waals surface area contributed by atoms with Crippen LogP contribution < -0.4 is 15.4 Å². The van der Waals surface area contributed by atoms with E-state index in [9.17, 15) is 23.5 Å². The molecular weight excluding hydrogens is 435 g/mol. The quantitative estimate of drug-likeness (QED) is 0.595. The first-order chi connectivity index (χ1) is 15.7. The van der Waals surface area contributed by atoms with Gasteiger partial charge in [0.25, 0.3) is 0 Å². The molecule has 0 aliphatic heterocycles. The van der Waals surface area contributed by atoms with Crippen LogP contribution in [0.1, 0.15) is 43.2 Å². The Hall–Kier alpha value is -3.06. The Morgan fingerprint density at radius 2 is 1.91 bits per heavy atom. The zero-order valence-electron chi connectivity index (χ0n) is 17.8. The second-order valence-electron chi connectivity index (χ2n) is 9.44. The standard InChI is InChI=1S/C23H24F3N5O2/c24-23(25,26)33-18-4-2-1-3-14(18)11-28-21-29-12-17(10-27)20(31-21)30-19-15-5-13-6-16(19)9-22(32,7-13)8-15/h1-4,12-13,15-16,19,32H,5-9,11H2,(H2,28,29,30,31). The van der Waals surface area contributed by atoms with Crippen LogP contribution in [0.4, 0.5) is 24.9 Å². The summed E-state index contributed by atoms with van der Waals surface area (Å²) < 4.78 is 42.1. The molecule has 33 heavy (non-hydrogen) atoms. The Balaban J connectivity index is 1.32. The van der Waals surface area contributed by atoms with Crippen LogP contribution in [0.15, 0.2) is 30.5 Å². The predicted molar refractivity (Wildman–Crippen MR) is 113 cm³/mol. The average molecular weight is 459 g/mol. The molecule has 1 heterocycles. The van der Waals surface area contributed by atoms with Crippen molar-refractivity contribution < 1.29 is 23.0 Å². The molecule has 3 N–H and O–H groups in total. The fraction of sp³-hybridized carbons (Fsp3) is 0.522. The summed E-state index contributed by atoms with van der Waals surface area (Å²) in [6.45, 7) is 0.0149. The number of aliphatic hydroxyl groups is 1. The van der Waals surface area contributed by atoms with Crippen molar-refractivity contribution in [3.8, 4) is 11.8 Å². The predicted octanol–water partition coefficient (Wildman–Crippen LogP) is 4.21. The number of nitriles is 1. The monoisotopic (exact) mass is 459 g/mol. The summed E-state index contributed by atoms with van der Waals surface area (Å²) in [4.78, 5) is 8.59. The number of nitrogens with one attached hydrogen (secondary N) is 2. The van der Waals surface area contributed by atoms with Crippen LogP contribution in [0.5, 0.6) is 5.75 Å². The number of nitrogens with zero attached hydrogens (tertiary/aromatic N) is 3. The summed E-state index contributed by atoms with van der Waals surface area (Å²) in [5, 5.41) is 26.7. The third-order valence-electron chi connectivity index (χ3n) is 7.09. The lowest BCUT2D eigenvalue weighted by molar-refractivity contribution is -0.274. The number of ether oxygens (including phenoxy) is 1. The van der Waals surface area contributed by atoms with Gasteiger partial charge in [-0.3, -0.25) is 0 Å². The number of alkyl halides is 3. The summed E-state index contributed by atoms with van der Waals surface area (Å²) >= 11 is 0. The second kappa shape index (κ2) is 8.06. The van der Waals surface area contributed by atoms with Crippen LogP contribution >= 0.6 is 0 Å². The van der Waals surface area contributed by atoms with Gasteiger partial charge in [-0.15, -0.1) is 13.2 Å². The van der Waals surface area contributed by atoms with E-state index in [0.717, 1.165) is 32.1 Å². The molecule has 6 rings (SSSR count). The lowest BCUT2D eigenvalue weighted by atomic mass is 9.52. The molecule has 4 fully saturated rings. The highest BCUT2D eigenvalue weighted by molar-refractivity contribution is 5.54. The van der Waals surface area contributed by atoms with Gasteiger partial charge in [0.15, 0.2) is 0 Å². The maximum absolute atomic E-state index is 12.7. The van der Waals surface area contributed by atoms with Crippen LogP contribution in [0, 0.1) is 29.1 Å². The molecule has 2 aromatic rings. The summed E-state index contributed by atoms with van der Waals surface area (Å²) in [6, 6.07) is 8.08. The molecule has 10 heteroatoms. The van der Waals surface area contributed by atoms with E-state index in [-0.39, 0.29) is 24.3 Å². The van der Waals surface area contributed by atoms with Crippen molar-refractivity contribution in [2.24, 2.45) is 17.8 Å². The minimum Gasteiger partial charge on any atom is -0.405 e. The molecule has 4 aliphatic carbocycles. The molecule has 1 aromatic heterocycles. The van der Waals surface area contributed by atoms with Crippen LogP contribution in [-0.2, 0) is 6.54 Å². The first-order valence-corrected chi connectivity index (χ1v) is 11.0. The SMILES string of the molecule is N#Cc1cnc(NCc2ccccc2OC(F)(F)F)nc1NC1C2CC3CC1CC(O)(C3)C2. The van der Waals surface area contributed by atoms with Gasteiger partial charge in [-0.05, 0) is 55.9 Å². The van der Waals surface area contributed by atoms with E-state index in [1.54, 1.807) is 6.07 Å². The van der Waals surface area contributed by atoms with Gasteiger partial charge in [0.05, 0.1) is 11.8 Å². The molecule has 0 spiro atoms. The van der Waals surface area contributed by atoms with Crippen molar-refractivity contribution in [2.45, 2.75) is 56.7 Å². The van der Waals surface area contributed by atoms with Gasteiger partial charge in [0.1, 0.15) is 23.2 Å². The third kappa shape index (κ3) is 4.55. The van der Waals surface area contributed by atoms with Crippen molar-refractivity contribution in [3.63, 3.8) is 0 Å². The third-order valence-corrected chi connectivity index (χ3v) is 7.09. The number of anilines is 2. The smallest absolute Gasteiger partial charge is 0.405 e. The minimum absolute atomic E-state index is 0.0149. The first-order valence-electron chi connectivity index (χ1n) is 11.0. The zero-order valence-corrected chi connectivity index (χ0v) is 17.8. The maximum Gasteiger partial charge on any atom is 0.573 e. The number of halogens is 3. The van der Waals surface area contributed by atoms with Crippen LogP contribution in [-0.4, -0.2) is 33.1 Å².